The van der Waals surface area contributed by atoms with Crippen molar-refractivity contribution >= 4 is 45.9 Å². The summed E-state index contributed by atoms with van der Waals surface area (Å²) < 4.78 is 5.80. The van der Waals surface area contributed by atoms with Crippen molar-refractivity contribution in [3.8, 4) is 11.5 Å². The molecule has 140 valence electrons. The van der Waals surface area contributed by atoms with Crippen LogP contribution in [0.3, 0.4) is 0 Å². The van der Waals surface area contributed by atoms with E-state index in [0.29, 0.717) is 38.3 Å². The molecule has 0 unspecified atom stereocenters. The van der Waals surface area contributed by atoms with Crippen molar-refractivity contribution in [3.63, 3.8) is 0 Å². The van der Waals surface area contributed by atoms with Crippen LogP contribution in [-0.4, -0.2) is 10.9 Å². The van der Waals surface area contributed by atoms with Gasteiger partial charge in [0.2, 0.25) is 11.8 Å². The number of amides is 1. The molecule has 0 radical (unpaired) electrons. The fraction of sp³-hybridized carbons (Fsp3) is 0.0909. The highest BCUT2D eigenvalue weighted by Crippen LogP contribution is 2.32. The van der Waals surface area contributed by atoms with E-state index in [9.17, 15) is 4.79 Å². The van der Waals surface area contributed by atoms with Crippen LogP contribution in [0.15, 0.2) is 71.1 Å². The lowest BCUT2D eigenvalue weighted by Crippen LogP contribution is -2.19. The van der Waals surface area contributed by atoms with Crippen LogP contribution in [0.1, 0.15) is 18.4 Å². The molecule has 0 aliphatic carbocycles. The van der Waals surface area contributed by atoms with Crippen LogP contribution in [-0.2, 0) is 4.79 Å². The second-order valence-corrected chi connectivity index (χ2v) is 7.21. The Labute approximate surface area is 172 Å². The van der Waals surface area contributed by atoms with E-state index in [0.717, 1.165) is 5.56 Å². The van der Waals surface area contributed by atoms with Gasteiger partial charge in [-0.05, 0) is 48.9 Å². The number of rotatable bonds is 4. The van der Waals surface area contributed by atoms with Gasteiger partial charge in [0.25, 0.3) is 0 Å². The first-order valence-corrected chi connectivity index (χ1v) is 9.49. The molecule has 1 aromatic heterocycles. The Morgan fingerprint density at radius 3 is 2.61 bits per heavy atom. The predicted octanol–water partition coefficient (Wildman–Crippen LogP) is 6.54. The highest BCUT2D eigenvalue weighted by atomic mass is 35.5. The van der Waals surface area contributed by atoms with E-state index in [4.69, 9.17) is 27.6 Å². The van der Waals surface area contributed by atoms with E-state index in [1.54, 1.807) is 43.3 Å². The fourth-order valence-corrected chi connectivity index (χ4v) is 3.43. The Morgan fingerprint density at radius 2 is 1.82 bits per heavy atom. The number of carbonyl (C=O) groups is 1. The van der Waals surface area contributed by atoms with Crippen molar-refractivity contribution in [1.82, 2.24) is 4.98 Å². The number of fused-ring (bicyclic) bond motifs is 1. The monoisotopic (exact) mass is 410 g/mol. The molecule has 0 saturated carbocycles. The average molecular weight is 411 g/mol. The third kappa shape index (κ3) is 3.61. The zero-order valence-corrected chi connectivity index (χ0v) is 16.5. The van der Waals surface area contributed by atoms with Gasteiger partial charge in [0.1, 0.15) is 5.52 Å². The smallest absolute Gasteiger partial charge is 0.231 e. The summed E-state index contributed by atoms with van der Waals surface area (Å²) in [6, 6.07) is 20.3. The van der Waals surface area contributed by atoms with E-state index in [2.05, 4.69) is 10.3 Å². The minimum Gasteiger partial charge on any atom is -0.436 e. The Bertz CT molecular complexity index is 1160. The number of hydrogen-bond acceptors (Lipinski definition) is 3. The van der Waals surface area contributed by atoms with Crippen molar-refractivity contribution in [2.75, 3.05) is 5.32 Å². The average Bonchev–Trinajstić information content (AvgIpc) is 3.13. The van der Waals surface area contributed by atoms with Crippen molar-refractivity contribution in [1.29, 1.82) is 0 Å². The maximum Gasteiger partial charge on any atom is 0.231 e. The standard InChI is InChI=1S/C22H16Cl2N2O2/c1-13(16-8-5-9-17(23)20(16)24)21(27)25-15-10-11-19-18(12-15)26-22(28-19)14-6-3-2-4-7-14/h2-13H,1H3,(H,25,27)/t13-/m1/s1. The van der Waals surface area contributed by atoms with Gasteiger partial charge in [0.05, 0.1) is 16.0 Å². The van der Waals surface area contributed by atoms with Crippen LogP contribution < -0.4 is 5.32 Å². The first-order valence-electron chi connectivity index (χ1n) is 8.73. The largest absolute Gasteiger partial charge is 0.436 e. The Hall–Kier alpha value is -2.82. The van der Waals surface area contributed by atoms with Crippen LogP contribution in [0.4, 0.5) is 5.69 Å². The predicted molar refractivity (Wildman–Crippen MR) is 113 cm³/mol. The van der Waals surface area contributed by atoms with Crippen LogP contribution in [0.25, 0.3) is 22.6 Å². The van der Waals surface area contributed by atoms with Gasteiger partial charge < -0.3 is 9.73 Å². The van der Waals surface area contributed by atoms with Gasteiger partial charge in [-0.3, -0.25) is 4.79 Å². The van der Waals surface area contributed by atoms with E-state index < -0.39 is 5.92 Å². The van der Waals surface area contributed by atoms with Crippen molar-refractivity contribution in [2.45, 2.75) is 12.8 Å². The van der Waals surface area contributed by atoms with Gasteiger partial charge in [-0.15, -0.1) is 0 Å². The molecule has 0 aliphatic rings. The van der Waals surface area contributed by atoms with E-state index >= 15 is 0 Å². The number of carbonyl (C=O) groups excluding carboxylic acids is 1. The number of oxazole rings is 1. The molecule has 28 heavy (non-hydrogen) atoms. The topological polar surface area (TPSA) is 55.1 Å². The summed E-state index contributed by atoms with van der Waals surface area (Å²) in [5.74, 6) is -0.104. The molecule has 0 bridgehead atoms. The third-order valence-corrected chi connectivity index (χ3v) is 5.35. The molecule has 3 aromatic carbocycles. The maximum absolute atomic E-state index is 12.7. The Kier molecular flexibility index (Phi) is 5.07. The Balaban J connectivity index is 1.57. The number of anilines is 1. The fourth-order valence-electron chi connectivity index (χ4n) is 2.96. The molecule has 0 fully saturated rings. The zero-order chi connectivity index (χ0) is 19.7. The molecule has 1 amide bonds. The lowest BCUT2D eigenvalue weighted by Gasteiger charge is -2.14. The van der Waals surface area contributed by atoms with Crippen LogP contribution >= 0.6 is 23.2 Å². The molecular weight excluding hydrogens is 395 g/mol. The summed E-state index contributed by atoms with van der Waals surface area (Å²) in [4.78, 5) is 17.2. The number of hydrogen-bond donors (Lipinski definition) is 1. The van der Waals surface area contributed by atoms with Crippen molar-refractivity contribution in [3.05, 3.63) is 82.3 Å². The highest BCUT2D eigenvalue weighted by Gasteiger charge is 2.20. The highest BCUT2D eigenvalue weighted by molar-refractivity contribution is 6.42. The SMILES string of the molecule is C[C@@H](C(=O)Nc1ccc2oc(-c3ccccc3)nc2c1)c1cccc(Cl)c1Cl. The first-order chi connectivity index (χ1) is 13.5. The molecule has 0 saturated heterocycles. The quantitative estimate of drug-likeness (QED) is 0.415. The summed E-state index contributed by atoms with van der Waals surface area (Å²) in [6.07, 6.45) is 0. The van der Waals surface area contributed by atoms with Crippen molar-refractivity contribution < 1.29 is 9.21 Å². The second kappa shape index (κ2) is 7.66. The molecule has 4 nitrogen and oxygen atoms in total. The summed E-state index contributed by atoms with van der Waals surface area (Å²) in [5, 5.41) is 3.73. The molecule has 4 aromatic rings. The maximum atomic E-state index is 12.7. The molecule has 4 rings (SSSR count). The number of aromatic nitrogens is 1. The normalized spacial score (nSPS) is 12.1. The van der Waals surface area contributed by atoms with Gasteiger partial charge in [-0.25, -0.2) is 4.98 Å². The number of nitrogens with one attached hydrogen (secondary N) is 1. The lowest BCUT2D eigenvalue weighted by molar-refractivity contribution is -0.117. The minimum absolute atomic E-state index is 0.185. The molecule has 0 aliphatic heterocycles. The lowest BCUT2D eigenvalue weighted by atomic mass is 10.00. The molecule has 0 spiro atoms. The molecule has 6 heteroatoms. The summed E-state index contributed by atoms with van der Waals surface area (Å²) in [7, 11) is 0. The molecule has 1 atom stereocenters. The van der Waals surface area contributed by atoms with E-state index in [1.165, 1.54) is 0 Å². The Morgan fingerprint density at radius 1 is 1.04 bits per heavy atom. The van der Waals surface area contributed by atoms with E-state index in [1.807, 2.05) is 30.3 Å². The van der Waals surface area contributed by atoms with Gasteiger partial charge in [-0.1, -0.05) is 53.5 Å². The first kappa shape index (κ1) is 18.5. The number of nitrogens with zero attached hydrogens (tertiary/aromatic N) is 1. The van der Waals surface area contributed by atoms with Gasteiger partial charge in [0.15, 0.2) is 5.58 Å². The summed E-state index contributed by atoms with van der Waals surface area (Å²) in [5.41, 5.74) is 3.54. The van der Waals surface area contributed by atoms with E-state index in [-0.39, 0.29) is 5.91 Å². The summed E-state index contributed by atoms with van der Waals surface area (Å²) >= 11 is 12.3. The van der Waals surface area contributed by atoms with Gasteiger partial charge in [-0.2, -0.15) is 0 Å². The van der Waals surface area contributed by atoms with Gasteiger partial charge in [0, 0.05) is 11.3 Å². The summed E-state index contributed by atoms with van der Waals surface area (Å²) in [6.45, 7) is 1.79. The number of halogens is 2. The second-order valence-electron chi connectivity index (χ2n) is 6.42. The van der Waals surface area contributed by atoms with Crippen LogP contribution in [0.5, 0.6) is 0 Å². The molecule has 1 N–H and O–H groups in total. The number of benzene rings is 3. The third-order valence-electron chi connectivity index (χ3n) is 4.52. The van der Waals surface area contributed by atoms with Crippen LogP contribution in [0, 0.1) is 0 Å². The zero-order valence-electron chi connectivity index (χ0n) is 14.9. The van der Waals surface area contributed by atoms with Crippen molar-refractivity contribution in [2.24, 2.45) is 0 Å². The molecular formula is C22H16Cl2N2O2. The minimum atomic E-state index is -0.459. The van der Waals surface area contributed by atoms with Crippen LogP contribution in [0.2, 0.25) is 10.0 Å². The van der Waals surface area contributed by atoms with Gasteiger partial charge >= 0.3 is 0 Å². The molecule has 1 heterocycles.